The van der Waals surface area contributed by atoms with E-state index >= 15 is 0 Å². The molecular formula is C8H10N2O5S. The molecule has 0 bridgehead atoms. The number of nitro groups is 1. The molecule has 0 atom stereocenters. The molecule has 0 heterocycles. The zero-order valence-electron chi connectivity index (χ0n) is 8.37. The Bertz CT molecular complexity index is 511. The van der Waals surface area contributed by atoms with Crippen LogP contribution in [0.1, 0.15) is 6.92 Å². The lowest BCUT2D eigenvalue weighted by Crippen LogP contribution is -2.04. The van der Waals surface area contributed by atoms with Gasteiger partial charge < -0.3 is 5.32 Å². The van der Waals surface area contributed by atoms with Gasteiger partial charge >= 0.3 is 0 Å². The first-order chi connectivity index (χ1) is 7.36. The van der Waals surface area contributed by atoms with Crippen LogP contribution in [0.3, 0.4) is 0 Å². The molecule has 0 fully saturated rings. The zero-order valence-corrected chi connectivity index (χ0v) is 9.19. The van der Waals surface area contributed by atoms with E-state index in [9.17, 15) is 18.5 Å². The van der Waals surface area contributed by atoms with E-state index in [1.54, 1.807) is 6.92 Å². The summed E-state index contributed by atoms with van der Waals surface area (Å²) >= 11 is 0. The fraction of sp³-hybridized carbons (Fsp3) is 0.250. The molecule has 0 aliphatic carbocycles. The van der Waals surface area contributed by atoms with Gasteiger partial charge in [0.15, 0.2) is 0 Å². The van der Waals surface area contributed by atoms with Gasteiger partial charge in [-0.05, 0) is 19.1 Å². The Hall–Kier alpha value is -1.67. The van der Waals surface area contributed by atoms with Crippen LogP contribution in [0.15, 0.2) is 23.1 Å². The summed E-state index contributed by atoms with van der Waals surface area (Å²) in [5, 5.41) is 13.4. The number of benzene rings is 1. The first kappa shape index (κ1) is 12.4. The van der Waals surface area contributed by atoms with Crippen LogP contribution < -0.4 is 5.32 Å². The Morgan fingerprint density at radius 2 is 2.12 bits per heavy atom. The summed E-state index contributed by atoms with van der Waals surface area (Å²) < 4.78 is 30.3. The van der Waals surface area contributed by atoms with E-state index in [4.69, 9.17) is 4.55 Å². The molecule has 16 heavy (non-hydrogen) atoms. The second kappa shape index (κ2) is 4.45. The summed E-state index contributed by atoms with van der Waals surface area (Å²) in [6.45, 7) is 2.21. The van der Waals surface area contributed by atoms with E-state index in [-0.39, 0.29) is 5.69 Å². The molecule has 1 rings (SSSR count). The van der Waals surface area contributed by atoms with Gasteiger partial charge in [0.05, 0.1) is 4.92 Å². The Morgan fingerprint density at radius 3 is 2.56 bits per heavy atom. The molecule has 0 aromatic heterocycles. The second-order valence-electron chi connectivity index (χ2n) is 2.94. The van der Waals surface area contributed by atoms with Crippen LogP contribution >= 0.6 is 0 Å². The maximum atomic E-state index is 10.8. The first-order valence-electron chi connectivity index (χ1n) is 4.36. The van der Waals surface area contributed by atoms with Crippen LogP contribution in [0.4, 0.5) is 11.4 Å². The molecule has 88 valence electrons. The van der Waals surface area contributed by atoms with Crippen molar-refractivity contribution in [2.45, 2.75) is 11.8 Å². The van der Waals surface area contributed by atoms with Gasteiger partial charge in [0.2, 0.25) is 0 Å². The quantitative estimate of drug-likeness (QED) is 0.470. The fourth-order valence-electron chi connectivity index (χ4n) is 1.16. The van der Waals surface area contributed by atoms with Crippen LogP contribution in [0.2, 0.25) is 0 Å². The molecule has 0 radical (unpaired) electrons. The third-order valence-corrected chi connectivity index (χ3v) is 2.68. The summed E-state index contributed by atoms with van der Waals surface area (Å²) in [4.78, 5) is 9.45. The van der Waals surface area contributed by atoms with Gasteiger partial charge in [-0.2, -0.15) is 8.42 Å². The molecule has 2 N–H and O–H groups in total. The van der Waals surface area contributed by atoms with Crippen molar-refractivity contribution < 1.29 is 17.9 Å². The second-order valence-corrected chi connectivity index (χ2v) is 4.36. The van der Waals surface area contributed by atoms with Crippen molar-refractivity contribution in [2.75, 3.05) is 11.9 Å². The number of hydrogen-bond acceptors (Lipinski definition) is 5. The van der Waals surface area contributed by atoms with Gasteiger partial charge in [0.25, 0.3) is 15.8 Å². The van der Waals surface area contributed by atoms with Crippen LogP contribution in [0.5, 0.6) is 0 Å². The number of rotatable bonds is 4. The number of nitro benzene ring substituents is 1. The van der Waals surface area contributed by atoms with Gasteiger partial charge in [-0.1, -0.05) is 0 Å². The molecule has 0 amide bonds. The van der Waals surface area contributed by atoms with E-state index < -0.39 is 25.6 Å². The molecular weight excluding hydrogens is 236 g/mol. The van der Waals surface area contributed by atoms with Crippen LogP contribution in [0, 0.1) is 10.1 Å². The van der Waals surface area contributed by atoms with Gasteiger partial charge in [0.1, 0.15) is 10.6 Å². The van der Waals surface area contributed by atoms with Crippen LogP contribution in [-0.2, 0) is 10.1 Å². The topological polar surface area (TPSA) is 110 Å². The van der Waals surface area contributed by atoms with Gasteiger partial charge in [-0.25, -0.2) is 0 Å². The zero-order chi connectivity index (χ0) is 12.3. The molecule has 1 aromatic rings. The summed E-state index contributed by atoms with van der Waals surface area (Å²) in [5.41, 5.74) is -0.183. The summed E-state index contributed by atoms with van der Waals surface area (Å²) in [6.07, 6.45) is 0. The minimum absolute atomic E-state index is 0.208. The molecule has 0 spiro atoms. The number of nitrogens with one attached hydrogen (secondary N) is 1. The van der Waals surface area contributed by atoms with E-state index in [2.05, 4.69) is 5.32 Å². The van der Waals surface area contributed by atoms with E-state index in [0.29, 0.717) is 6.54 Å². The first-order valence-corrected chi connectivity index (χ1v) is 5.80. The standard InChI is InChI=1S/C8H10N2O5S/c1-2-9-7-4-3-6(16(13,14)15)5-8(7)10(11)12/h3-5,9H,2H2,1H3,(H,13,14,15). The van der Waals surface area contributed by atoms with Crippen molar-refractivity contribution in [3.05, 3.63) is 28.3 Å². The van der Waals surface area contributed by atoms with Crippen molar-refractivity contribution in [2.24, 2.45) is 0 Å². The summed E-state index contributed by atoms with van der Waals surface area (Å²) in [7, 11) is -4.42. The molecule has 8 heteroatoms. The highest BCUT2D eigenvalue weighted by Crippen LogP contribution is 2.27. The number of anilines is 1. The molecule has 0 aliphatic heterocycles. The van der Waals surface area contributed by atoms with Crippen LogP contribution in [0.25, 0.3) is 0 Å². The monoisotopic (exact) mass is 246 g/mol. The Labute approximate surface area is 92.0 Å². The van der Waals surface area contributed by atoms with Crippen molar-refractivity contribution in [1.82, 2.24) is 0 Å². The maximum Gasteiger partial charge on any atom is 0.294 e. The highest BCUT2D eigenvalue weighted by atomic mass is 32.2. The SMILES string of the molecule is CCNc1ccc(S(=O)(=O)O)cc1[N+](=O)[O-]. The molecule has 1 aromatic carbocycles. The molecule has 0 aliphatic rings. The van der Waals surface area contributed by atoms with Crippen molar-refractivity contribution in [1.29, 1.82) is 0 Å². The lowest BCUT2D eigenvalue weighted by Gasteiger charge is -2.05. The van der Waals surface area contributed by atoms with Gasteiger partial charge in [-0.15, -0.1) is 0 Å². The van der Waals surface area contributed by atoms with Crippen molar-refractivity contribution in [3.63, 3.8) is 0 Å². The number of nitrogens with zero attached hydrogens (tertiary/aromatic N) is 1. The van der Waals surface area contributed by atoms with Gasteiger partial charge in [-0.3, -0.25) is 14.7 Å². The third kappa shape index (κ3) is 2.67. The molecule has 0 saturated carbocycles. The average Bonchev–Trinajstić information content (AvgIpc) is 2.16. The smallest absolute Gasteiger partial charge is 0.294 e. The highest BCUT2D eigenvalue weighted by Gasteiger charge is 2.19. The largest absolute Gasteiger partial charge is 0.380 e. The Kier molecular flexibility index (Phi) is 3.45. The minimum atomic E-state index is -4.42. The van der Waals surface area contributed by atoms with E-state index in [1.807, 2.05) is 0 Å². The van der Waals surface area contributed by atoms with Crippen molar-refractivity contribution in [3.8, 4) is 0 Å². The normalized spacial score (nSPS) is 11.1. The third-order valence-electron chi connectivity index (χ3n) is 1.83. The molecule has 0 saturated heterocycles. The predicted molar refractivity (Wildman–Crippen MR) is 57.1 cm³/mol. The highest BCUT2D eigenvalue weighted by molar-refractivity contribution is 7.85. The Morgan fingerprint density at radius 1 is 1.50 bits per heavy atom. The molecule has 0 unspecified atom stereocenters. The van der Waals surface area contributed by atoms with E-state index in [1.165, 1.54) is 6.07 Å². The average molecular weight is 246 g/mol. The lowest BCUT2D eigenvalue weighted by atomic mass is 10.2. The summed E-state index contributed by atoms with van der Waals surface area (Å²) in [5.74, 6) is 0. The summed E-state index contributed by atoms with van der Waals surface area (Å²) in [6, 6.07) is 3.15. The van der Waals surface area contributed by atoms with Crippen LogP contribution in [-0.4, -0.2) is 24.4 Å². The fourth-order valence-corrected chi connectivity index (χ4v) is 1.66. The lowest BCUT2D eigenvalue weighted by molar-refractivity contribution is -0.384. The van der Waals surface area contributed by atoms with Crippen molar-refractivity contribution >= 4 is 21.5 Å². The minimum Gasteiger partial charge on any atom is -0.380 e. The predicted octanol–water partition coefficient (Wildman–Crippen LogP) is 1.27. The van der Waals surface area contributed by atoms with Gasteiger partial charge in [0, 0.05) is 12.6 Å². The Balaban J connectivity index is 3.34. The number of hydrogen-bond donors (Lipinski definition) is 2. The van der Waals surface area contributed by atoms with E-state index in [0.717, 1.165) is 12.1 Å². The molecule has 7 nitrogen and oxygen atoms in total. The maximum absolute atomic E-state index is 10.8.